The molecule has 5 heteroatoms. The van der Waals surface area contributed by atoms with Crippen LogP contribution in [0.2, 0.25) is 5.02 Å². The predicted molar refractivity (Wildman–Crippen MR) is 61.6 cm³/mol. The van der Waals surface area contributed by atoms with Crippen molar-refractivity contribution in [2.24, 2.45) is 0 Å². The lowest BCUT2D eigenvalue weighted by molar-refractivity contribution is 0.0989. The van der Waals surface area contributed by atoms with Gasteiger partial charge in [0.25, 0.3) is 0 Å². The van der Waals surface area contributed by atoms with E-state index in [9.17, 15) is 9.18 Å². The second-order valence-corrected chi connectivity index (χ2v) is 4.51. The van der Waals surface area contributed by atoms with Crippen LogP contribution in [0.5, 0.6) is 0 Å². The Labute approximate surface area is 101 Å². The van der Waals surface area contributed by atoms with E-state index in [-0.39, 0.29) is 22.8 Å². The molecule has 2 nitrogen and oxygen atoms in total. The molecular weight excluding hydrogens is 249 g/mol. The van der Waals surface area contributed by atoms with E-state index in [1.807, 2.05) is 0 Å². The van der Waals surface area contributed by atoms with Gasteiger partial charge in [-0.2, -0.15) is 0 Å². The van der Waals surface area contributed by atoms with Crippen LogP contribution in [0, 0.1) is 5.82 Å². The summed E-state index contributed by atoms with van der Waals surface area (Å²) in [5.41, 5.74) is 0.0164. The number of carbonyl (C=O) groups excluding carboxylic acids is 1. The maximum Gasteiger partial charge on any atom is 0.172 e. The number of rotatable bonds is 3. The molecule has 1 aromatic carbocycles. The molecule has 0 N–H and O–H groups in total. The minimum absolute atomic E-state index is 0.0164. The molecule has 0 atom stereocenters. The van der Waals surface area contributed by atoms with Gasteiger partial charge in [0, 0.05) is 11.6 Å². The number of halogens is 2. The van der Waals surface area contributed by atoms with E-state index < -0.39 is 5.82 Å². The van der Waals surface area contributed by atoms with Gasteiger partial charge in [-0.15, -0.1) is 11.3 Å². The Morgan fingerprint density at radius 1 is 1.50 bits per heavy atom. The molecule has 0 aliphatic heterocycles. The Bertz CT molecular complexity index is 513. The van der Waals surface area contributed by atoms with Gasteiger partial charge in [-0.25, -0.2) is 9.37 Å². The summed E-state index contributed by atoms with van der Waals surface area (Å²) in [6.45, 7) is 0. The SMILES string of the molecule is O=C(Cc1nccs1)c1cccc(Cl)c1F. The van der Waals surface area contributed by atoms with Crippen molar-refractivity contribution in [1.82, 2.24) is 4.98 Å². The van der Waals surface area contributed by atoms with Crippen LogP contribution < -0.4 is 0 Å². The smallest absolute Gasteiger partial charge is 0.172 e. The van der Waals surface area contributed by atoms with E-state index in [0.29, 0.717) is 5.01 Å². The van der Waals surface area contributed by atoms with Gasteiger partial charge in [-0.05, 0) is 12.1 Å². The third-order valence-corrected chi connectivity index (χ3v) is 3.12. The van der Waals surface area contributed by atoms with Crippen LogP contribution >= 0.6 is 22.9 Å². The minimum atomic E-state index is -0.661. The summed E-state index contributed by atoms with van der Waals surface area (Å²) in [7, 11) is 0. The summed E-state index contributed by atoms with van der Waals surface area (Å²) >= 11 is 6.97. The first kappa shape index (κ1) is 11.2. The molecule has 82 valence electrons. The van der Waals surface area contributed by atoms with Crippen LogP contribution in [-0.4, -0.2) is 10.8 Å². The van der Waals surface area contributed by atoms with E-state index >= 15 is 0 Å². The van der Waals surface area contributed by atoms with Crippen molar-refractivity contribution in [3.8, 4) is 0 Å². The van der Waals surface area contributed by atoms with Gasteiger partial charge in [-0.1, -0.05) is 17.7 Å². The van der Waals surface area contributed by atoms with E-state index in [4.69, 9.17) is 11.6 Å². The second kappa shape index (κ2) is 4.72. The van der Waals surface area contributed by atoms with Gasteiger partial charge < -0.3 is 0 Å². The van der Waals surface area contributed by atoms with Gasteiger partial charge in [0.15, 0.2) is 11.6 Å². The van der Waals surface area contributed by atoms with Crippen molar-refractivity contribution in [3.63, 3.8) is 0 Å². The largest absolute Gasteiger partial charge is 0.294 e. The average Bonchev–Trinajstić information content (AvgIpc) is 2.74. The normalized spacial score (nSPS) is 10.4. The van der Waals surface area contributed by atoms with Crippen LogP contribution in [0.15, 0.2) is 29.8 Å². The summed E-state index contributed by atoms with van der Waals surface area (Å²) < 4.78 is 13.5. The standard InChI is InChI=1S/C11H7ClFNOS/c12-8-3-1-2-7(11(8)13)9(15)6-10-14-4-5-16-10/h1-5H,6H2. The molecule has 1 aromatic heterocycles. The van der Waals surface area contributed by atoms with E-state index in [1.54, 1.807) is 17.6 Å². The fourth-order valence-corrected chi connectivity index (χ4v) is 2.08. The van der Waals surface area contributed by atoms with Gasteiger partial charge in [0.2, 0.25) is 0 Å². The van der Waals surface area contributed by atoms with Crippen LogP contribution in [0.1, 0.15) is 15.4 Å². The van der Waals surface area contributed by atoms with E-state index in [0.717, 1.165) is 0 Å². The second-order valence-electron chi connectivity index (χ2n) is 3.13. The Kier molecular flexibility index (Phi) is 3.31. The van der Waals surface area contributed by atoms with Gasteiger partial charge in [0.1, 0.15) is 5.01 Å². The summed E-state index contributed by atoms with van der Waals surface area (Å²) in [4.78, 5) is 15.7. The number of ketones is 1. The number of carbonyl (C=O) groups is 1. The molecule has 0 aliphatic rings. The first-order valence-electron chi connectivity index (χ1n) is 4.54. The quantitative estimate of drug-likeness (QED) is 0.787. The number of Topliss-reactive ketones (excluding diaryl/α,β-unsaturated/α-hetero) is 1. The third kappa shape index (κ3) is 2.28. The van der Waals surface area contributed by atoms with Crippen molar-refractivity contribution in [2.45, 2.75) is 6.42 Å². The number of nitrogens with zero attached hydrogens (tertiary/aromatic N) is 1. The Hall–Kier alpha value is -1.26. The van der Waals surface area contributed by atoms with Gasteiger partial charge >= 0.3 is 0 Å². The zero-order valence-corrected chi connectivity index (χ0v) is 9.69. The summed E-state index contributed by atoms with van der Waals surface area (Å²) in [5, 5.41) is 2.41. The van der Waals surface area contributed by atoms with Crippen LogP contribution in [0.3, 0.4) is 0 Å². The molecule has 0 radical (unpaired) electrons. The lowest BCUT2D eigenvalue weighted by Gasteiger charge is -2.01. The minimum Gasteiger partial charge on any atom is -0.294 e. The summed E-state index contributed by atoms with van der Waals surface area (Å²) in [6.07, 6.45) is 1.72. The lowest BCUT2D eigenvalue weighted by Crippen LogP contribution is -2.06. The zero-order valence-electron chi connectivity index (χ0n) is 8.11. The maximum absolute atomic E-state index is 13.5. The fraction of sp³-hybridized carbons (Fsp3) is 0.0909. The number of aromatic nitrogens is 1. The molecule has 16 heavy (non-hydrogen) atoms. The lowest BCUT2D eigenvalue weighted by atomic mass is 10.1. The molecule has 0 aliphatic carbocycles. The van der Waals surface area contributed by atoms with Crippen LogP contribution in [0.4, 0.5) is 4.39 Å². The highest BCUT2D eigenvalue weighted by Crippen LogP contribution is 2.19. The molecule has 0 bridgehead atoms. The predicted octanol–water partition coefficient (Wildman–Crippen LogP) is 3.36. The third-order valence-electron chi connectivity index (χ3n) is 2.05. The molecule has 0 spiro atoms. The molecule has 2 aromatic rings. The van der Waals surface area contributed by atoms with Gasteiger partial charge in [0.05, 0.1) is 17.0 Å². The molecule has 0 saturated carbocycles. The van der Waals surface area contributed by atoms with Gasteiger partial charge in [-0.3, -0.25) is 4.79 Å². The molecule has 0 saturated heterocycles. The molecule has 1 heterocycles. The topological polar surface area (TPSA) is 30.0 Å². The molecule has 2 rings (SSSR count). The van der Waals surface area contributed by atoms with Crippen LogP contribution in [0.25, 0.3) is 0 Å². The molecule has 0 amide bonds. The van der Waals surface area contributed by atoms with Crippen molar-refractivity contribution >= 4 is 28.7 Å². The van der Waals surface area contributed by atoms with Crippen molar-refractivity contribution < 1.29 is 9.18 Å². The summed E-state index contributed by atoms with van der Waals surface area (Å²) in [5.74, 6) is -0.972. The van der Waals surface area contributed by atoms with E-state index in [1.165, 1.54) is 23.5 Å². The highest BCUT2D eigenvalue weighted by atomic mass is 35.5. The first-order valence-corrected chi connectivity index (χ1v) is 5.80. The fourth-order valence-electron chi connectivity index (χ4n) is 1.29. The first-order chi connectivity index (χ1) is 7.68. The van der Waals surface area contributed by atoms with Crippen LogP contribution in [-0.2, 0) is 6.42 Å². The number of benzene rings is 1. The highest BCUT2D eigenvalue weighted by Gasteiger charge is 2.15. The number of hydrogen-bond donors (Lipinski definition) is 0. The maximum atomic E-state index is 13.5. The Morgan fingerprint density at radius 3 is 3.00 bits per heavy atom. The molecule has 0 fully saturated rings. The molecule has 0 unspecified atom stereocenters. The van der Waals surface area contributed by atoms with Crippen molar-refractivity contribution in [2.75, 3.05) is 0 Å². The highest BCUT2D eigenvalue weighted by molar-refractivity contribution is 7.09. The number of thiazole rings is 1. The zero-order chi connectivity index (χ0) is 11.5. The van der Waals surface area contributed by atoms with Crippen molar-refractivity contribution in [1.29, 1.82) is 0 Å². The molecular formula is C11H7ClFNOS. The monoisotopic (exact) mass is 255 g/mol. The number of hydrogen-bond acceptors (Lipinski definition) is 3. The van der Waals surface area contributed by atoms with Crippen molar-refractivity contribution in [3.05, 3.63) is 51.2 Å². The Morgan fingerprint density at radius 2 is 2.31 bits per heavy atom. The average molecular weight is 256 g/mol. The Balaban J connectivity index is 2.24. The summed E-state index contributed by atoms with van der Waals surface area (Å²) in [6, 6.07) is 4.40. The van der Waals surface area contributed by atoms with E-state index in [2.05, 4.69) is 4.98 Å².